The Bertz CT molecular complexity index is 1280. The minimum atomic E-state index is -0.127. The maximum atomic E-state index is 13.0. The number of carbonyl (C=O) groups is 1. The highest BCUT2D eigenvalue weighted by atomic mass is 16.2. The Hall–Kier alpha value is -4.33. The van der Waals surface area contributed by atoms with Gasteiger partial charge in [-0.25, -0.2) is 14.8 Å². The number of hydrogen-bond acceptors (Lipinski definition) is 6. The number of fused-ring (bicyclic) bond motifs is 1. The summed E-state index contributed by atoms with van der Waals surface area (Å²) in [6.45, 7) is 1.76. The van der Waals surface area contributed by atoms with Gasteiger partial charge in [-0.2, -0.15) is 0 Å². The minimum absolute atomic E-state index is 0.127. The van der Waals surface area contributed by atoms with Crippen molar-refractivity contribution in [2.75, 3.05) is 30.4 Å². The molecular formula is C27H27N7O. The lowest BCUT2D eigenvalue weighted by molar-refractivity contribution is 0.206. The molecule has 0 saturated carbocycles. The zero-order valence-electron chi connectivity index (χ0n) is 19.6. The van der Waals surface area contributed by atoms with Crippen LogP contribution in [0, 0.1) is 0 Å². The van der Waals surface area contributed by atoms with Crippen molar-refractivity contribution in [3.63, 3.8) is 0 Å². The quantitative estimate of drug-likeness (QED) is 0.459. The number of carbonyl (C=O) groups excluding carboxylic acids is 1. The van der Waals surface area contributed by atoms with Crippen LogP contribution in [0.5, 0.6) is 0 Å². The molecule has 5 rings (SSSR count). The van der Waals surface area contributed by atoms with Gasteiger partial charge in [0.2, 0.25) is 0 Å². The average molecular weight is 466 g/mol. The first-order valence-corrected chi connectivity index (χ1v) is 11.7. The molecule has 0 fully saturated rings. The number of nitrogens with one attached hydrogen (secondary N) is 1. The van der Waals surface area contributed by atoms with Gasteiger partial charge >= 0.3 is 6.03 Å². The summed E-state index contributed by atoms with van der Waals surface area (Å²) in [6.07, 6.45) is 5.00. The highest BCUT2D eigenvalue weighted by molar-refractivity contribution is 5.89. The number of rotatable bonds is 6. The summed E-state index contributed by atoms with van der Waals surface area (Å²) in [4.78, 5) is 35.6. The van der Waals surface area contributed by atoms with Crippen molar-refractivity contribution < 1.29 is 4.79 Å². The van der Waals surface area contributed by atoms with Crippen LogP contribution in [0.2, 0.25) is 0 Å². The van der Waals surface area contributed by atoms with Gasteiger partial charge in [0.1, 0.15) is 11.5 Å². The van der Waals surface area contributed by atoms with Crippen LogP contribution < -0.4 is 10.2 Å². The highest BCUT2D eigenvalue weighted by Crippen LogP contribution is 2.29. The molecule has 176 valence electrons. The lowest BCUT2D eigenvalue weighted by Gasteiger charge is -2.32. The van der Waals surface area contributed by atoms with E-state index in [0.29, 0.717) is 25.3 Å². The Morgan fingerprint density at radius 2 is 1.74 bits per heavy atom. The van der Waals surface area contributed by atoms with Crippen LogP contribution in [0.3, 0.4) is 0 Å². The second-order valence-corrected chi connectivity index (χ2v) is 8.47. The third kappa shape index (κ3) is 5.27. The number of nitrogens with zero attached hydrogens (tertiary/aromatic N) is 6. The second-order valence-electron chi connectivity index (χ2n) is 8.47. The zero-order chi connectivity index (χ0) is 24.0. The molecule has 0 atom stereocenters. The van der Waals surface area contributed by atoms with Crippen molar-refractivity contribution in [1.29, 1.82) is 0 Å². The summed E-state index contributed by atoms with van der Waals surface area (Å²) in [5, 5.41) is 2.99. The molecule has 0 aliphatic carbocycles. The summed E-state index contributed by atoms with van der Waals surface area (Å²) in [6, 6.07) is 21.1. The number of likely N-dealkylation sites (N-methyl/N-ethyl adjacent to an activating group) is 1. The first-order chi connectivity index (χ1) is 17.2. The molecule has 2 amide bonds. The summed E-state index contributed by atoms with van der Waals surface area (Å²) in [7, 11) is 2.02. The van der Waals surface area contributed by atoms with E-state index in [1.165, 1.54) is 0 Å². The number of urea groups is 1. The molecule has 1 aliphatic heterocycles. The lowest BCUT2D eigenvalue weighted by atomic mass is 10.1. The zero-order valence-corrected chi connectivity index (χ0v) is 19.6. The molecule has 0 radical (unpaired) electrons. The van der Waals surface area contributed by atoms with Gasteiger partial charge in [-0.05, 0) is 36.4 Å². The molecule has 1 N–H and O–H groups in total. The maximum Gasteiger partial charge on any atom is 0.322 e. The van der Waals surface area contributed by atoms with Gasteiger partial charge in [0.15, 0.2) is 5.82 Å². The van der Waals surface area contributed by atoms with Crippen LogP contribution >= 0.6 is 0 Å². The second kappa shape index (κ2) is 10.3. The van der Waals surface area contributed by atoms with E-state index >= 15 is 0 Å². The Morgan fingerprint density at radius 3 is 2.49 bits per heavy atom. The van der Waals surface area contributed by atoms with Crippen molar-refractivity contribution in [2.24, 2.45) is 0 Å². The third-order valence-electron chi connectivity index (χ3n) is 6.04. The fourth-order valence-electron chi connectivity index (χ4n) is 4.15. The van der Waals surface area contributed by atoms with Gasteiger partial charge in [0, 0.05) is 62.3 Å². The third-order valence-corrected chi connectivity index (χ3v) is 6.04. The fourth-order valence-corrected chi connectivity index (χ4v) is 4.15. The van der Waals surface area contributed by atoms with E-state index in [-0.39, 0.29) is 6.03 Å². The first kappa shape index (κ1) is 22.5. The lowest BCUT2D eigenvalue weighted by Crippen LogP contribution is -2.40. The molecule has 1 aliphatic rings. The van der Waals surface area contributed by atoms with Crippen LogP contribution in [0.25, 0.3) is 11.5 Å². The monoisotopic (exact) mass is 465 g/mol. The summed E-state index contributed by atoms with van der Waals surface area (Å²) < 4.78 is 0. The molecule has 8 nitrogen and oxygen atoms in total. The molecule has 0 unspecified atom stereocenters. The van der Waals surface area contributed by atoms with E-state index in [4.69, 9.17) is 9.97 Å². The number of para-hydroxylation sites is 1. The molecule has 1 aromatic carbocycles. The van der Waals surface area contributed by atoms with Crippen molar-refractivity contribution in [2.45, 2.75) is 19.4 Å². The Kier molecular flexibility index (Phi) is 6.61. The van der Waals surface area contributed by atoms with Crippen molar-refractivity contribution in [3.8, 4) is 11.5 Å². The van der Waals surface area contributed by atoms with Crippen LogP contribution in [0.15, 0.2) is 79.1 Å². The van der Waals surface area contributed by atoms with Gasteiger partial charge in [-0.1, -0.05) is 30.3 Å². The standard InChI is InChI=1S/C27H27N7O/c1-33(17-13-20-9-5-7-15-28-20)26-22-19-34(27(35)30-21-10-3-2-4-11-21)18-14-23(22)31-25(32-26)24-12-6-8-16-29-24/h2-12,15-16H,13-14,17-19H2,1H3,(H,30,35). The van der Waals surface area contributed by atoms with Gasteiger partial charge < -0.3 is 15.1 Å². The van der Waals surface area contributed by atoms with E-state index < -0.39 is 0 Å². The predicted octanol–water partition coefficient (Wildman–Crippen LogP) is 4.20. The van der Waals surface area contributed by atoms with E-state index in [1.807, 2.05) is 84.9 Å². The number of aromatic nitrogens is 4. The number of anilines is 2. The fraction of sp³-hybridized carbons (Fsp3) is 0.222. The Balaban J connectivity index is 1.43. The first-order valence-electron chi connectivity index (χ1n) is 11.7. The molecule has 0 bridgehead atoms. The summed E-state index contributed by atoms with van der Waals surface area (Å²) >= 11 is 0. The largest absolute Gasteiger partial charge is 0.359 e. The molecule has 8 heteroatoms. The SMILES string of the molecule is CN(CCc1ccccn1)c1nc(-c2ccccn2)nc2c1CN(C(=O)Nc1ccccc1)CC2. The molecule has 4 aromatic rings. The van der Waals surface area contributed by atoms with E-state index in [9.17, 15) is 4.79 Å². The molecule has 3 aromatic heterocycles. The minimum Gasteiger partial charge on any atom is -0.359 e. The normalized spacial score (nSPS) is 12.7. The summed E-state index contributed by atoms with van der Waals surface area (Å²) in [5.74, 6) is 1.43. The highest BCUT2D eigenvalue weighted by Gasteiger charge is 2.27. The molecule has 0 spiro atoms. The Labute approximate surface area is 204 Å². The van der Waals surface area contributed by atoms with Crippen LogP contribution in [-0.2, 0) is 19.4 Å². The number of hydrogen-bond donors (Lipinski definition) is 1. The van der Waals surface area contributed by atoms with Crippen LogP contribution in [0.4, 0.5) is 16.3 Å². The van der Waals surface area contributed by atoms with Gasteiger partial charge in [0.25, 0.3) is 0 Å². The van der Waals surface area contributed by atoms with Crippen LogP contribution in [-0.4, -0.2) is 51.0 Å². The van der Waals surface area contributed by atoms with Gasteiger partial charge in [0.05, 0.1) is 12.2 Å². The Morgan fingerprint density at radius 1 is 0.971 bits per heavy atom. The topological polar surface area (TPSA) is 87.1 Å². The molecule has 4 heterocycles. The summed E-state index contributed by atoms with van der Waals surface area (Å²) in [5.41, 5.74) is 4.47. The van der Waals surface area contributed by atoms with Gasteiger partial charge in [-0.15, -0.1) is 0 Å². The van der Waals surface area contributed by atoms with E-state index in [0.717, 1.165) is 47.1 Å². The number of benzene rings is 1. The van der Waals surface area contributed by atoms with Gasteiger partial charge in [-0.3, -0.25) is 9.97 Å². The van der Waals surface area contributed by atoms with Crippen molar-refractivity contribution >= 4 is 17.5 Å². The molecule has 35 heavy (non-hydrogen) atoms. The van der Waals surface area contributed by atoms with Crippen molar-refractivity contribution in [1.82, 2.24) is 24.8 Å². The maximum absolute atomic E-state index is 13.0. The van der Waals surface area contributed by atoms with Crippen molar-refractivity contribution in [3.05, 3.63) is 96.1 Å². The molecule has 0 saturated heterocycles. The predicted molar refractivity (Wildman–Crippen MR) is 136 cm³/mol. The molecular weight excluding hydrogens is 438 g/mol. The average Bonchev–Trinajstić information content (AvgIpc) is 2.92. The number of amides is 2. The van der Waals surface area contributed by atoms with E-state index in [1.54, 1.807) is 6.20 Å². The van der Waals surface area contributed by atoms with Crippen LogP contribution in [0.1, 0.15) is 17.0 Å². The van der Waals surface area contributed by atoms with E-state index in [2.05, 4.69) is 20.2 Å². The number of pyridine rings is 2. The smallest absolute Gasteiger partial charge is 0.322 e.